The van der Waals surface area contributed by atoms with Crippen LogP contribution in [0.2, 0.25) is 5.02 Å². The smallest absolute Gasteiger partial charge is 0.331 e. The molecule has 24 heavy (non-hydrogen) atoms. The topological polar surface area (TPSA) is 75.7 Å². The van der Waals surface area contributed by atoms with Crippen LogP contribution in [0.4, 0.5) is 4.79 Å². The minimum atomic E-state index is -3.88. The third-order valence-corrected chi connectivity index (χ3v) is 5.61. The number of piperidine rings is 1. The van der Waals surface area contributed by atoms with Crippen LogP contribution in [0, 0.1) is 0 Å². The molecule has 2 rings (SSSR count). The second-order valence-electron chi connectivity index (χ2n) is 5.64. The van der Waals surface area contributed by atoms with Gasteiger partial charge >= 0.3 is 6.03 Å². The molecule has 132 valence electrons. The number of methoxy groups -OCH3 is 1. The monoisotopic (exact) mass is 372 g/mol. The number of sulfonamides is 1. The van der Waals surface area contributed by atoms with E-state index in [4.69, 9.17) is 16.3 Å². The number of hydrogen-bond acceptors (Lipinski definition) is 4. The molecule has 1 aromatic carbocycles. The maximum absolute atomic E-state index is 12.3. The normalized spacial score (nSPS) is 17.0. The number of carbonyl (C=O) groups is 1. The lowest BCUT2D eigenvalue weighted by Gasteiger charge is -2.31. The second kappa shape index (κ2) is 8.00. The highest BCUT2D eigenvalue weighted by Gasteiger charge is 2.26. The molecule has 0 bridgehead atoms. The van der Waals surface area contributed by atoms with E-state index in [1.54, 1.807) is 31.4 Å². The van der Waals surface area contributed by atoms with Crippen LogP contribution in [0.25, 0.3) is 6.08 Å². The summed E-state index contributed by atoms with van der Waals surface area (Å²) in [7, 11) is -2.25. The zero-order chi connectivity index (χ0) is 17.7. The maximum atomic E-state index is 12.3. The highest BCUT2D eigenvalue weighted by Crippen LogP contribution is 2.16. The summed E-state index contributed by atoms with van der Waals surface area (Å²) in [4.78, 5) is 13.7. The minimum absolute atomic E-state index is 0.0601. The Morgan fingerprint density at radius 1 is 1.29 bits per heavy atom. The summed E-state index contributed by atoms with van der Waals surface area (Å²) in [5.74, 6) is 0. The molecule has 6 nitrogen and oxygen atoms in total. The zero-order valence-electron chi connectivity index (χ0n) is 13.7. The summed E-state index contributed by atoms with van der Waals surface area (Å²) < 4.78 is 31.9. The average Bonchev–Trinajstić information content (AvgIpc) is 2.56. The van der Waals surface area contributed by atoms with Gasteiger partial charge in [0.25, 0.3) is 10.0 Å². The van der Waals surface area contributed by atoms with Gasteiger partial charge in [-0.15, -0.1) is 0 Å². The van der Waals surface area contributed by atoms with Gasteiger partial charge in [-0.3, -0.25) is 0 Å². The van der Waals surface area contributed by atoms with E-state index in [0.29, 0.717) is 36.5 Å². The number of urea groups is 1. The zero-order valence-corrected chi connectivity index (χ0v) is 15.2. The van der Waals surface area contributed by atoms with E-state index >= 15 is 0 Å². The molecule has 1 aliphatic rings. The average molecular weight is 373 g/mol. The highest BCUT2D eigenvalue weighted by atomic mass is 35.5. The van der Waals surface area contributed by atoms with Crippen molar-refractivity contribution in [3.8, 4) is 0 Å². The number of halogens is 1. The van der Waals surface area contributed by atoms with E-state index in [1.165, 1.54) is 17.9 Å². The molecule has 1 aliphatic heterocycles. The van der Waals surface area contributed by atoms with E-state index in [-0.39, 0.29) is 11.0 Å². The molecule has 2 amide bonds. The van der Waals surface area contributed by atoms with Crippen molar-refractivity contribution < 1.29 is 17.9 Å². The van der Waals surface area contributed by atoms with Crippen molar-refractivity contribution in [2.75, 3.05) is 20.2 Å². The summed E-state index contributed by atoms with van der Waals surface area (Å²) in [5, 5.41) is 0.570. The Bertz CT molecular complexity index is 708. The third-order valence-electron chi connectivity index (χ3n) is 3.95. The van der Waals surface area contributed by atoms with Gasteiger partial charge in [-0.25, -0.2) is 17.9 Å². The number of ether oxygens (including phenoxy) is 1. The van der Waals surface area contributed by atoms with Gasteiger partial charge in [0, 0.05) is 25.2 Å². The van der Waals surface area contributed by atoms with Gasteiger partial charge in [0.1, 0.15) is 0 Å². The van der Waals surface area contributed by atoms with Crippen molar-refractivity contribution in [3.63, 3.8) is 0 Å². The quantitative estimate of drug-likeness (QED) is 0.881. The Hall–Kier alpha value is -1.57. The van der Waals surface area contributed by atoms with Crippen molar-refractivity contribution in [2.24, 2.45) is 0 Å². The van der Waals surface area contributed by atoms with Crippen molar-refractivity contribution in [2.45, 2.75) is 25.9 Å². The number of nitrogens with one attached hydrogen (secondary N) is 1. The van der Waals surface area contributed by atoms with Crippen molar-refractivity contribution in [1.82, 2.24) is 9.62 Å². The van der Waals surface area contributed by atoms with Gasteiger partial charge < -0.3 is 9.64 Å². The minimum Gasteiger partial charge on any atom is -0.381 e. The largest absolute Gasteiger partial charge is 0.381 e. The molecule has 8 heteroatoms. The van der Waals surface area contributed by atoms with E-state index in [0.717, 1.165) is 0 Å². The first-order chi connectivity index (χ1) is 11.3. The lowest BCUT2D eigenvalue weighted by atomic mass is 10.1. The lowest BCUT2D eigenvalue weighted by molar-refractivity contribution is 0.0511. The Labute approximate surface area is 147 Å². The molecule has 1 fully saturated rings. The van der Waals surface area contributed by atoms with Gasteiger partial charge in [-0.2, -0.15) is 0 Å². The standard InChI is InChI=1S/C16H21ClN2O4S/c1-12(11-13-3-5-14(17)6-4-13)24(21,22)18-16(20)19-9-7-15(23-2)8-10-19/h3-6,11,15H,7-10H2,1-2H3,(H,18,20)/b12-11+. The van der Waals surface area contributed by atoms with Crippen LogP contribution in [0.1, 0.15) is 25.3 Å². The van der Waals surface area contributed by atoms with Gasteiger partial charge in [0.15, 0.2) is 0 Å². The number of rotatable bonds is 4. The predicted molar refractivity (Wildman–Crippen MR) is 94.2 cm³/mol. The van der Waals surface area contributed by atoms with Crippen LogP contribution in [0.3, 0.4) is 0 Å². The predicted octanol–water partition coefficient (Wildman–Crippen LogP) is 2.85. The molecule has 1 aromatic rings. The van der Waals surface area contributed by atoms with Gasteiger partial charge in [-0.1, -0.05) is 23.7 Å². The Kier molecular flexibility index (Phi) is 6.26. The Balaban J connectivity index is 2.02. The molecule has 0 unspecified atom stereocenters. The first-order valence-electron chi connectivity index (χ1n) is 7.60. The van der Waals surface area contributed by atoms with E-state index in [9.17, 15) is 13.2 Å². The Morgan fingerprint density at radius 3 is 2.42 bits per heavy atom. The van der Waals surface area contributed by atoms with Crippen molar-refractivity contribution in [3.05, 3.63) is 39.8 Å². The van der Waals surface area contributed by atoms with Gasteiger partial charge in [0.2, 0.25) is 0 Å². The van der Waals surface area contributed by atoms with Crippen LogP contribution < -0.4 is 4.72 Å². The number of nitrogens with zero attached hydrogens (tertiary/aromatic N) is 1. The molecular formula is C16H21ClN2O4S. The number of likely N-dealkylation sites (tertiary alicyclic amines) is 1. The lowest BCUT2D eigenvalue weighted by Crippen LogP contribution is -2.47. The van der Waals surface area contributed by atoms with Crippen LogP contribution in [-0.2, 0) is 14.8 Å². The Morgan fingerprint density at radius 2 is 1.88 bits per heavy atom. The van der Waals surface area contributed by atoms with Crippen molar-refractivity contribution in [1.29, 1.82) is 0 Å². The molecule has 1 saturated heterocycles. The molecule has 0 atom stereocenters. The molecule has 0 saturated carbocycles. The van der Waals surface area contributed by atoms with Crippen LogP contribution in [0.5, 0.6) is 0 Å². The molecule has 0 aromatic heterocycles. The van der Waals surface area contributed by atoms with E-state index in [2.05, 4.69) is 4.72 Å². The van der Waals surface area contributed by atoms with Gasteiger partial charge in [0.05, 0.1) is 11.0 Å². The highest BCUT2D eigenvalue weighted by molar-refractivity contribution is 7.94. The number of hydrogen-bond donors (Lipinski definition) is 1. The summed E-state index contributed by atoms with van der Waals surface area (Å²) in [6, 6.07) is 6.16. The third kappa shape index (κ3) is 4.96. The van der Waals surface area contributed by atoms with Crippen molar-refractivity contribution >= 4 is 33.7 Å². The van der Waals surface area contributed by atoms with E-state index < -0.39 is 16.1 Å². The van der Waals surface area contributed by atoms with E-state index in [1.807, 2.05) is 0 Å². The van der Waals surface area contributed by atoms with Crippen LogP contribution in [0.15, 0.2) is 29.2 Å². The summed E-state index contributed by atoms with van der Waals surface area (Å²) in [6.07, 6.45) is 3.01. The maximum Gasteiger partial charge on any atom is 0.331 e. The first-order valence-corrected chi connectivity index (χ1v) is 9.46. The fraction of sp³-hybridized carbons (Fsp3) is 0.438. The fourth-order valence-corrected chi connectivity index (χ4v) is 3.36. The first kappa shape index (κ1) is 18.8. The summed E-state index contributed by atoms with van der Waals surface area (Å²) in [5.41, 5.74) is 0.690. The molecule has 0 spiro atoms. The number of allylic oxidation sites excluding steroid dienone is 1. The molecule has 1 N–H and O–H groups in total. The molecule has 0 aliphatic carbocycles. The molecule has 1 heterocycles. The number of benzene rings is 1. The summed E-state index contributed by atoms with van der Waals surface area (Å²) >= 11 is 5.80. The van der Waals surface area contributed by atoms with Crippen LogP contribution in [-0.4, -0.2) is 45.7 Å². The molecular weight excluding hydrogens is 352 g/mol. The van der Waals surface area contributed by atoms with Crippen LogP contribution >= 0.6 is 11.6 Å². The SMILES string of the molecule is COC1CCN(C(=O)NS(=O)(=O)/C(C)=C/c2ccc(Cl)cc2)CC1. The van der Waals surface area contributed by atoms with Gasteiger partial charge in [-0.05, 0) is 43.5 Å². The number of amides is 2. The molecule has 0 radical (unpaired) electrons. The summed E-state index contributed by atoms with van der Waals surface area (Å²) in [6.45, 7) is 2.39. The number of carbonyl (C=O) groups excluding carboxylic acids is 1. The fourth-order valence-electron chi connectivity index (χ4n) is 2.43. The second-order valence-corrected chi connectivity index (χ2v) is 7.93.